The number of nitrogens with zero attached hydrogens (tertiary/aromatic N) is 2. The number of aromatic nitrogens is 1. The van der Waals surface area contributed by atoms with E-state index in [0.717, 1.165) is 23.0 Å². The average molecular weight is 359 g/mol. The molecule has 0 aliphatic carbocycles. The maximum Gasteiger partial charge on any atom is 0.387 e. The van der Waals surface area contributed by atoms with Crippen molar-refractivity contribution in [2.45, 2.75) is 20.1 Å². The first kappa shape index (κ1) is 18.3. The lowest BCUT2D eigenvalue weighted by atomic mass is 10.2. The molecule has 10 heteroatoms. The SMILES string of the molecule is Cc1cc(N)n(/N=C\c2ccc(OC(F)F)cc2OC(F)F)c(=O)c1. The smallest absolute Gasteiger partial charge is 0.387 e. The summed E-state index contributed by atoms with van der Waals surface area (Å²) in [6, 6.07) is 5.93. The van der Waals surface area contributed by atoms with Gasteiger partial charge in [-0.3, -0.25) is 4.79 Å². The Labute approximate surface area is 139 Å². The lowest BCUT2D eigenvalue weighted by molar-refractivity contribution is -0.0543. The molecule has 134 valence electrons. The van der Waals surface area contributed by atoms with Gasteiger partial charge in [0.05, 0.1) is 6.21 Å². The molecule has 1 aromatic heterocycles. The zero-order valence-electron chi connectivity index (χ0n) is 12.8. The van der Waals surface area contributed by atoms with E-state index < -0.39 is 24.5 Å². The van der Waals surface area contributed by atoms with Gasteiger partial charge in [-0.1, -0.05) is 0 Å². The van der Waals surface area contributed by atoms with Gasteiger partial charge in [-0.2, -0.15) is 27.3 Å². The minimum atomic E-state index is -3.19. The second-order valence-electron chi connectivity index (χ2n) is 4.81. The monoisotopic (exact) mass is 359 g/mol. The fourth-order valence-electron chi connectivity index (χ4n) is 1.96. The molecule has 0 bridgehead atoms. The highest BCUT2D eigenvalue weighted by atomic mass is 19.3. The molecule has 0 aliphatic rings. The third-order valence-electron chi connectivity index (χ3n) is 2.92. The van der Waals surface area contributed by atoms with Gasteiger partial charge in [0.2, 0.25) is 0 Å². The highest BCUT2D eigenvalue weighted by Crippen LogP contribution is 2.26. The maximum absolute atomic E-state index is 12.5. The number of anilines is 1. The number of hydrogen-bond acceptors (Lipinski definition) is 5. The van der Waals surface area contributed by atoms with Gasteiger partial charge in [0.1, 0.15) is 17.3 Å². The van der Waals surface area contributed by atoms with Gasteiger partial charge in [0, 0.05) is 17.7 Å². The van der Waals surface area contributed by atoms with Gasteiger partial charge in [-0.25, -0.2) is 0 Å². The fraction of sp³-hybridized carbons (Fsp3) is 0.200. The van der Waals surface area contributed by atoms with Crippen LogP contribution >= 0.6 is 0 Å². The van der Waals surface area contributed by atoms with Crippen LogP contribution in [0.1, 0.15) is 11.1 Å². The second kappa shape index (κ2) is 7.69. The molecule has 0 radical (unpaired) electrons. The Kier molecular flexibility index (Phi) is 5.63. The zero-order valence-corrected chi connectivity index (χ0v) is 12.8. The number of halogens is 4. The molecule has 0 aliphatic heterocycles. The number of alkyl halides is 4. The van der Waals surface area contributed by atoms with E-state index in [9.17, 15) is 22.4 Å². The Hall–Kier alpha value is -3.04. The minimum Gasteiger partial charge on any atom is -0.435 e. The van der Waals surface area contributed by atoms with Crippen LogP contribution in [0, 0.1) is 6.92 Å². The second-order valence-corrected chi connectivity index (χ2v) is 4.81. The molecule has 0 amide bonds. The van der Waals surface area contributed by atoms with Crippen LogP contribution in [0.15, 0.2) is 40.2 Å². The predicted molar refractivity (Wildman–Crippen MR) is 82.5 cm³/mol. The van der Waals surface area contributed by atoms with Gasteiger partial charge in [0.25, 0.3) is 5.56 Å². The van der Waals surface area contributed by atoms with Gasteiger partial charge in [0.15, 0.2) is 0 Å². The van der Waals surface area contributed by atoms with E-state index >= 15 is 0 Å². The number of nitrogens with two attached hydrogens (primary N) is 1. The lowest BCUT2D eigenvalue weighted by Crippen LogP contribution is -2.19. The molecule has 2 rings (SSSR count). The molecule has 1 heterocycles. The standard InChI is InChI=1S/C15H13F4N3O3/c1-8-4-12(20)22(13(23)5-8)21-7-9-2-3-10(24-14(16)17)6-11(9)25-15(18)19/h2-7,14-15H,20H2,1H3/b21-7-. The van der Waals surface area contributed by atoms with E-state index in [1.165, 1.54) is 18.2 Å². The number of hydrogen-bond donors (Lipinski definition) is 1. The van der Waals surface area contributed by atoms with E-state index in [1.807, 2.05) is 0 Å². The van der Waals surface area contributed by atoms with Crippen LogP contribution in [-0.2, 0) is 0 Å². The highest BCUT2D eigenvalue weighted by Gasteiger charge is 2.13. The molecule has 1 aromatic carbocycles. The summed E-state index contributed by atoms with van der Waals surface area (Å²) in [6.07, 6.45) is 1.04. The summed E-state index contributed by atoms with van der Waals surface area (Å²) in [4.78, 5) is 11.8. The number of rotatable bonds is 6. The summed E-state index contributed by atoms with van der Waals surface area (Å²) < 4.78 is 58.7. The van der Waals surface area contributed by atoms with Crippen molar-refractivity contribution in [2.24, 2.45) is 5.10 Å². The first-order valence-corrected chi connectivity index (χ1v) is 6.83. The van der Waals surface area contributed by atoms with Crippen molar-refractivity contribution in [2.75, 3.05) is 5.73 Å². The third-order valence-corrected chi connectivity index (χ3v) is 2.92. The molecule has 0 fully saturated rings. The Morgan fingerprint density at radius 3 is 2.40 bits per heavy atom. The number of ether oxygens (including phenoxy) is 2. The van der Waals surface area contributed by atoms with Crippen LogP contribution in [0.5, 0.6) is 11.5 Å². The predicted octanol–water partition coefficient (Wildman–Crippen LogP) is 2.82. The van der Waals surface area contributed by atoms with Crippen LogP contribution in [0.4, 0.5) is 23.4 Å². The first-order valence-electron chi connectivity index (χ1n) is 6.83. The summed E-state index contributed by atoms with van der Waals surface area (Å²) in [5.74, 6) is -0.777. The highest BCUT2D eigenvalue weighted by molar-refractivity contribution is 5.84. The van der Waals surface area contributed by atoms with Crippen LogP contribution in [0.25, 0.3) is 0 Å². The van der Waals surface area contributed by atoms with Crippen molar-refractivity contribution in [3.63, 3.8) is 0 Å². The van der Waals surface area contributed by atoms with Gasteiger partial charge < -0.3 is 15.2 Å². The zero-order chi connectivity index (χ0) is 18.6. The number of pyridine rings is 1. The molecular formula is C15H13F4N3O3. The summed E-state index contributed by atoms with van der Waals surface area (Å²) >= 11 is 0. The molecule has 0 atom stereocenters. The molecule has 2 N–H and O–H groups in total. The summed E-state index contributed by atoms with van der Waals surface area (Å²) in [5, 5.41) is 3.82. The van der Waals surface area contributed by atoms with Crippen LogP contribution in [0.2, 0.25) is 0 Å². The van der Waals surface area contributed by atoms with Crippen molar-refractivity contribution < 1.29 is 27.0 Å². The third kappa shape index (κ3) is 4.96. The Balaban J connectivity index is 2.39. The van der Waals surface area contributed by atoms with Crippen molar-refractivity contribution in [1.82, 2.24) is 4.68 Å². The molecule has 6 nitrogen and oxygen atoms in total. The number of aryl methyl sites for hydroxylation is 1. The quantitative estimate of drug-likeness (QED) is 0.635. The van der Waals surface area contributed by atoms with Crippen molar-refractivity contribution in [3.8, 4) is 11.5 Å². The number of nitrogen functional groups attached to an aromatic ring is 1. The minimum absolute atomic E-state index is 0.00814. The molecule has 25 heavy (non-hydrogen) atoms. The van der Waals surface area contributed by atoms with E-state index in [0.29, 0.717) is 5.56 Å². The lowest BCUT2D eigenvalue weighted by Gasteiger charge is -2.11. The normalized spacial score (nSPS) is 11.5. The van der Waals surface area contributed by atoms with Crippen LogP contribution < -0.4 is 20.8 Å². The van der Waals surface area contributed by atoms with Crippen LogP contribution in [-0.4, -0.2) is 24.1 Å². The largest absolute Gasteiger partial charge is 0.435 e. The summed E-state index contributed by atoms with van der Waals surface area (Å²) in [6.45, 7) is -4.65. The fourth-order valence-corrected chi connectivity index (χ4v) is 1.96. The maximum atomic E-state index is 12.5. The average Bonchev–Trinajstić information content (AvgIpc) is 2.46. The molecule has 0 saturated heterocycles. The van der Waals surface area contributed by atoms with Crippen LogP contribution in [0.3, 0.4) is 0 Å². The summed E-state index contributed by atoms with van der Waals surface area (Å²) in [7, 11) is 0. The molecule has 0 spiro atoms. The van der Waals surface area contributed by atoms with E-state index in [1.54, 1.807) is 6.92 Å². The van der Waals surface area contributed by atoms with E-state index in [2.05, 4.69) is 14.6 Å². The molecular weight excluding hydrogens is 346 g/mol. The van der Waals surface area contributed by atoms with Crippen molar-refractivity contribution >= 4 is 12.0 Å². The van der Waals surface area contributed by atoms with Crippen molar-refractivity contribution in [1.29, 1.82) is 0 Å². The summed E-state index contributed by atoms with van der Waals surface area (Å²) in [5.41, 5.74) is 5.79. The molecule has 0 saturated carbocycles. The Morgan fingerprint density at radius 2 is 1.80 bits per heavy atom. The van der Waals surface area contributed by atoms with Crippen molar-refractivity contribution in [3.05, 3.63) is 51.8 Å². The van der Waals surface area contributed by atoms with Gasteiger partial charge in [-0.05, 0) is 30.7 Å². The topological polar surface area (TPSA) is 78.8 Å². The molecule has 2 aromatic rings. The molecule has 0 unspecified atom stereocenters. The van der Waals surface area contributed by atoms with E-state index in [4.69, 9.17) is 5.73 Å². The van der Waals surface area contributed by atoms with E-state index in [-0.39, 0.29) is 17.1 Å². The first-order chi connectivity index (χ1) is 11.8. The van der Waals surface area contributed by atoms with Gasteiger partial charge >= 0.3 is 13.2 Å². The Morgan fingerprint density at radius 1 is 1.12 bits per heavy atom. The number of benzene rings is 1. The van der Waals surface area contributed by atoms with Gasteiger partial charge in [-0.15, -0.1) is 0 Å². The Bertz CT molecular complexity index is 837.